The first-order valence-corrected chi connectivity index (χ1v) is 6.02. The van der Waals surface area contributed by atoms with Gasteiger partial charge in [0.15, 0.2) is 5.82 Å². The highest BCUT2D eigenvalue weighted by Gasteiger charge is 2.21. The third kappa shape index (κ3) is 2.08. The Bertz CT molecular complexity index is 537. The van der Waals surface area contributed by atoms with E-state index >= 15 is 0 Å². The molecule has 0 N–H and O–H groups in total. The molecule has 3 rings (SSSR count). The van der Waals surface area contributed by atoms with Crippen molar-refractivity contribution in [3.05, 3.63) is 30.1 Å². The summed E-state index contributed by atoms with van der Waals surface area (Å²) in [7, 11) is 0. The zero-order chi connectivity index (χ0) is 12.5. The summed E-state index contributed by atoms with van der Waals surface area (Å²) in [6, 6.07) is 7.78. The number of hydrogen-bond acceptors (Lipinski definition) is 4. The van der Waals surface area contributed by atoms with Crippen molar-refractivity contribution in [1.82, 2.24) is 10.1 Å². The summed E-state index contributed by atoms with van der Waals surface area (Å²) in [6.45, 7) is 3.05. The molecule has 0 bridgehead atoms. The minimum Gasteiger partial charge on any atom is -0.369 e. The Morgan fingerprint density at radius 3 is 2.67 bits per heavy atom. The van der Waals surface area contributed by atoms with E-state index in [-0.39, 0.29) is 0 Å². The van der Waals surface area contributed by atoms with Gasteiger partial charge in [-0.2, -0.15) is 4.98 Å². The van der Waals surface area contributed by atoms with Crippen molar-refractivity contribution < 1.29 is 8.91 Å². The Hall–Kier alpha value is -1.91. The van der Waals surface area contributed by atoms with Crippen LogP contribution < -0.4 is 4.90 Å². The van der Waals surface area contributed by atoms with Gasteiger partial charge in [-0.3, -0.25) is 0 Å². The molecule has 2 heterocycles. The molecular weight excluding hydrogens is 233 g/mol. The molecule has 2 aromatic rings. The first-order chi connectivity index (χ1) is 8.72. The number of aryl methyl sites for hydroxylation is 1. The van der Waals surface area contributed by atoms with Crippen LogP contribution in [0.4, 0.5) is 10.1 Å². The van der Waals surface area contributed by atoms with E-state index in [9.17, 15) is 4.39 Å². The molecule has 0 spiro atoms. The largest absolute Gasteiger partial charge is 0.369 e. The molecule has 4 nitrogen and oxygen atoms in total. The normalized spacial score (nSPS) is 19.4. The van der Waals surface area contributed by atoms with Gasteiger partial charge in [-0.1, -0.05) is 5.16 Å². The second-order valence-corrected chi connectivity index (χ2v) is 4.53. The van der Waals surface area contributed by atoms with Crippen LogP contribution in [0.25, 0.3) is 11.5 Å². The second-order valence-electron chi connectivity index (χ2n) is 4.53. The number of halogens is 1. The lowest BCUT2D eigenvalue weighted by Crippen LogP contribution is -2.19. The van der Waals surface area contributed by atoms with Gasteiger partial charge in [0, 0.05) is 24.3 Å². The van der Waals surface area contributed by atoms with Crippen LogP contribution in [0.2, 0.25) is 0 Å². The summed E-state index contributed by atoms with van der Waals surface area (Å²) in [5, 5.41) is 3.76. The first kappa shape index (κ1) is 11.2. The van der Waals surface area contributed by atoms with Gasteiger partial charge in [-0.05, 0) is 37.6 Å². The third-order valence-electron chi connectivity index (χ3n) is 3.14. The molecule has 1 saturated heterocycles. The molecule has 5 heteroatoms. The van der Waals surface area contributed by atoms with E-state index in [1.165, 1.54) is 0 Å². The van der Waals surface area contributed by atoms with E-state index in [2.05, 4.69) is 10.1 Å². The molecule has 1 aromatic carbocycles. The number of anilines is 1. The van der Waals surface area contributed by atoms with Crippen LogP contribution in [0.5, 0.6) is 0 Å². The highest BCUT2D eigenvalue weighted by atomic mass is 19.1. The Balaban J connectivity index is 1.81. The smallest absolute Gasteiger partial charge is 0.257 e. The molecular formula is C13H14FN3O. The van der Waals surface area contributed by atoms with Gasteiger partial charge in [-0.25, -0.2) is 4.39 Å². The van der Waals surface area contributed by atoms with Crippen LogP contribution in [-0.2, 0) is 0 Å². The SMILES string of the molecule is Cc1noc(-c2ccc(N3CC[C@H](F)C3)cc2)n1. The summed E-state index contributed by atoms with van der Waals surface area (Å²) in [4.78, 5) is 6.22. The monoisotopic (exact) mass is 247 g/mol. The standard InChI is InChI=1S/C13H14FN3O/c1-9-15-13(18-16-9)10-2-4-12(5-3-10)17-7-6-11(14)8-17/h2-5,11H,6-8H2,1H3/t11-/m0/s1. The molecule has 0 aliphatic carbocycles. The molecule has 0 unspecified atom stereocenters. The number of aromatic nitrogens is 2. The molecule has 0 amide bonds. The number of hydrogen-bond donors (Lipinski definition) is 0. The molecule has 1 fully saturated rings. The van der Waals surface area contributed by atoms with Crippen LogP contribution in [-0.4, -0.2) is 29.4 Å². The van der Waals surface area contributed by atoms with Crippen LogP contribution >= 0.6 is 0 Å². The van der Waals surface area contributed by atoms with Crippen LogP contribution in [0, 0.1) is 6.92 Å². The first-order valence-electron chi connectivity index (χ1n) is 6.02. The van der Waals surface area contributed by atoms with Crippen LogP contribution in [0.1, 0.15) is 12.2 Å². The summed E-state index contributed by atoms with van der Waals surface area (Å²) in [5.74, 6) is 1.14. The number of rotatable bonds is 2. The molecule has 1 aliphatic rings. The molecule has 0 radical (unpaired) electrons. The molecule has 1 aromatic heterocycles. The minimum absolute atomic E-state index is 0.485. The summed E-state index contributed by atoms with van der Waals surface area (Å²) in [5.41, 5.74) is 1.92. The Morgan fingerprint density at radius 1 is 1.33 bits per heavy atom. The Morgan fingerprint density at radius 2 is 2.11 bits per heavy atom. The number of nitrogens with zero attached hydrogens (tertiary/aromatic N) is 3. The van der Waals surface area contributed by atoms with Crippen molar-refractivity contribution in [1.29, 1.82) is 0 Å². The van der Waals surface area contributed by atoms with Gasteiger partial charge in [0.2, 0.25) is 0 Å². The van der Waals surface area contributed by atoms with Crippen molar-refractivity contribution in [3.63, 3.8) is 0 Å². The van der Waals surface area contributed by atoms with E-state index in [4.69, 9.17) is 4.52 Å². The van der Waals surface area contributed by atoms with Gasteiger partial charge in [0.05, 0.1) is 0 Å². The molecule has 94 valence electrons. The zero-order valence-electron chi connectivity index (χ0n) is 10.1. The van der Waals surface area contributed by atoms with Gasteiger partial charge < -0.3 is 9.42 Å². The molecule has 18 heavy (non-hydrogen) atoms. The van der Waals surface area contributed by atoms with Crippen LogP contribution in [0.3, 0.4) is 0 Å². The van der Waals surface area contributed by atoms with Crippen LogP contribution in [0.15, 0.2) is 28.8 Å². The topological polar surface area (TPSA) is 42.2 Å². The van der Waals surface area contributed by atoms with E-state index < -0.39 is 6.17 Å². The third-order valence-corrected chi connectivity index (χ3v) is 3.14. The van der Waals surface area contributed by atoms with Crippen molar-refractivity contribution in [3.8, 4) is 11.5 Å². The van der Waals surface area contributed by atoms with Crippen molar-refractivity contribution >= 4 is 5.69 Å². The average Bonchev–Trinajstić information content (AvgIpc) is 2.98. The van der Waals surface area contributed by atoms with E-state index in [1.54, 1.807) is 6.92 Å². The predicted molar refractivity (Wildman–Crippen MR) is 66.2 cm³/mol. The quantitative estimate of drug-likeness (QED) is 0.818. The molecule has 1 aliphatic heterocycles. The predicted octanol–water partition coefficient (Wildman–Crippen LogP) is 2.59. The fraction of sp³-hybridized carbons (Fsp3) is 0.385. The fourth-order valence-corrected chi connectivity index (χ4v) is 2.18. The zero-order valence-corrected chi connectivity index (χ0v) is 10.1. The summed E-state index contributed by atoms with van der Waals surface area (Å²) in [6.07, 6.45) is -0.0896. The fourth-order valence-electron chi connectivity index (χ4n) is 2.18. The van der Waals surface area contributed by atoms with Gasteiger partial charge >= 0.3 is 0 Å². The highest BCUT2D eigenvalue weighted by molar-refractivity contribution is 5.59. The number of alkyl halides is 1. The molecule has 1 atom stereocenters. The average molecular weight is 247 g/mol. The van der Waals surface area contributed by atoms with E-state index in [0.717, 1.165) is 17.8 Å². The van der Waals surface area contributed by atoms with Crippen molar-refractivity contribution in [2.45, 2.75) is 19.5 Å². The minimum atomic E-state index is -0.705. The second kappa shape index (κ2) is 4.40. The Kier molecular flexibility index (Phi) is 2.74. The lowest BCUT2D eigenvalue weighted by atomic mass is 10.2. The maximum Gasteiger partial charge on any atom is 0.257 e. The summed E-state index contributed by atoms with van der Waals surface area (Å²) >= 11 is 0. The maximum absolute atomic E-state index is 13.1. The Labute approximate surface area is 104 Å². The summed E-state index contributed by atoms with van der Waals surface area (Å²) < 4.78 is 18.2. The maximum atomic E-state index is 13.1. The molecule has 0 saturated carbocycles. The number of benzene rings is 1. The van der Waals surface area contributed by atoms with Crippen molar-refractivity contribution in [2.24, 2.45) is 0 Å². The highest BCUT2D eigenvalue weighted by Crippen LogP contribution is 2.25. The lowest BCUT2D eigenvalue weighted by molar-refractivity contribution is 0.364. The van der Waals surface area contributed by atoms with E-state index in [1.807, 2.05) is 29.2 Å². The van der Waals surface area contributed by atoms with E-state index in [0.29, 0.717) is 24.7 Å². The van der Waals surface area contributed by atoms with Crippen molar-refractivity contribution in [2.75, 3.05) is 18.0 Å². The van der Waals surface area contributed by atoms with Gasteiger partial charge in [0.25, 0.3) is 5.89 Å². The van der Waals surface area contributed by atoms with Gasteiger partial charge in [0.1, 0.15) is 6.17 Å². The van der Waals surface area contributed by atoms with Gasteiger partial charge in [-0.15, -0.1) is 0 Å². The lowest BCUT2D eigenvalue weighted by Gasteiger charge is -2.17.